The molecule has 1 aromatic carbocycles. The van der Waals surface area contributed by atoms with Gasteiger partial charge < -0.3 is 0 Å². The van der Waals surface area contributed by atoms with E-state index in [-0.39, 0.29) is 35.3 Å². The summed E-state index contributed by atoms with van der Waals surface area (Å²) >= 11 is 1.37. The van der Waals surface area contributed by atoms with Crippen molar-refractivity contribution in [1.82, 2.24) is 9.66 Å². The first-order chi connectivity index (χ1) is 13.3. The number of aryl methyl sites for hydroxylation is 1. The zero-order chi connectivity index (χ0) is 19.6. The van der Waals surface area contributed by atoms with Crippen molar-refractivity contribution in [3.8, 4) is 11.1 Å². The van der Waals surface area contributed by atoms with Crippen LogP contribution in [0, 0.1) is 12.8 Å². The summed E-state index contributed by atoms with van der Waals surface area (Å²) in [5, 5.41) is 3.65. The van der Waals surface area contributed by atoms with E-state index in [0.29, 0.717) is 10.2 Å². The van der Waals surface area contributed by atoms with E-state index in [0.717, 1.165) is 16.7 Å². The Kier molecular flexibility index (Phi) is 3.76. The molecule has 9 heteroatoms. The summed E-state index contributed by atoms with van der Waals surface area (Å²) < 4.78 is 25.2. The van der Waals surface area contributed by atoms with Crippen LogP contribution in [0.4, 0.5) is 0 Å². The van der Waals surface area contributed by atoms with Crippen LogP contribution in [0.15, 0.2) is 40.8 Å². The maximum Gasteiger partial charge on any atom is 0.281 e. The standard InChI is InChI=1S/C19H17N3O4S2/c1-11-2-4-12(5-3-11)14-7-27-18-17(14)19(24)21(10-20-18)22-15-9-28(25,26)8-13(15)6-16(22)23/h2-5,7,10,13,15H,6,8-9H2,1H3/t13-,15-/m1/s1. The summed E-state index contributed by atoms with van der Waals surface area (Å²) in [7, 11) is -3.20. The van der Waals surface area contributed by atoms with E-state index in [4.69, 9.17) is 0 Å². The third-order valence-electron chi connectivity index (χ3n) is 5.52. The Hall–Kier alpha value is -2.52. The van der Waals surface area contributed by atoms with Gasteiger partial charge in [-0.05, 0) is 12.5 Å². The Morgan fingerprint density at radius 2 is 1.89 bits per heavy atom. The van der Waals surface area contributed by atoms with Crippen molar-refractivity contribution in [2.45, 2.75) is 19.4 Å². The van der Waals surface area contributed by atoms with Gasteiger partial charge >= 0.3 is 0 Å². The molecule has 3 aromatic rings. The number of hydrogen-bond acceptors (Lipinski definition) is 6. The zero-order valence-corrected chi connectivity index (χ0v) is 16.7. The number of nitrogens with zero attached hydrogens (tertiary/aromatic N) is 3. The first kappa shape index (κ1) is 17.6. The monoisotopic (exact) mass is 415 g/mol. The van der Waals surface area contributed by atoms with Gasteiger partial charge in [0.05, 0.1) is 22.9 Å². The van der Waals surface area contributed by atoms with Gasteiger partial charge in [-0.2, -0.15) is 0 Å². The number of sulfone groups is 1. The van der Waals surface area contributed by atoms with E-state index in [9.17, 15) is 18.0 Å². The molecule has 2 atom stereocenters. The number of hydrogen-bond donors (Lipinski definition) is 0. The van der Waals surface area contributed by atoms with Gasteiger partial charge in [0.25, 0.3) is 5.56 Å². The minimum atomic E-state index is -3.20. The summed E-state index contributed by atoms with van der Waals surface area (Å²) in [4.78, 5) is 30.9. The molecule has 0 spiro atoms. The fourth-order valence-corrected chi connectivity index (χ4v) is 7.14. The van der Waals surface area contributed by atoms with Crippen LogP contribution in [0.25, 0.3) is 21.3 Å². The number of carbonyl (C=O) groups is 1. The summed E-state index contributed by atoms with van der Waals surface area (Å²) in [6, 6.07) is 7.36. The molecule has 2 aromatic heterocycles. The average molecular weight is 415 g/mol. The number of aromatic nitrogens is 2. The minimum absolute atomic E-state index is 0.00258. The van der Waals surface area contributed by atoms with Crippen LogP contribution in [0.5, 0.6) is 0 Å². The van der Waals surface area contributed by atoms with Crippen LogP contribution in [-0.2, 0) is 14.6 Å². The lowest BCUT2D eigenvalue weighted by atomic mass is 10.1. The smallest absolute Gasteiger partial charge is 0.273 e. The first-order valence-corrected chi connectivity index (χ1v) is 11.6. The molecule has 7 nitrogen and oxygen atoms in total. The van der Waals surface area contributed by atoms with Crippen LogP contribution in [0.3, 0.4) is 0 Å². The molecule has 5 rings (SSSR count). The van der Waals surface area contributed by atoms with Gasteiger partial charge in [0.15, 0.2) is 9.84 Å². The molecule has 1 amide bonds. The Bertz CT molecular complexity index is 1270. The maximum absolute atomic E-state index is 13.3. The van der Waals surface area contributed by atoms with Gasteiger partial charge in [-0.3, -0.25) is 9.59 Å². The maximum atomic E-state index is 13.3. The lowest BCUT2D eigenvalue weighted by Crippen LogP contribution is -2.49. The van der Waals surface area contributed by atoms with Crippen molar-refractivity contribution in [1.29, 1.82) is 0 Å². The quantitative estimate of drug-likeness (QED) is 0.636. The molecular weight excluding hydrogens is 398 g/mol. The fraction of sp³-hybridized carbons (Fsp3) is 0.316. The van der Waals surface area contributed by atoms with E-state index in [1.807, 2.05) is 36.6 Å². The van der Waals surface area contributed by atoms with Crippen LogP contribution in [0.2, 0.25) is 0 Å². The third kappa shape index (κ3) is 2.61. The molecule has 0 aliphatic carbocycles. The third-order valence-corrected chi connectivity index (χ3v) is 8.19. The molecule has 2 aliphatic rings. The zero-order valence-electron chi connectivity index (χ0n) is 15.0. The van der Waals surface area contributed by atoms with Crippen LogP contribution in [0.1, 0.15) is 12.0 Å². The second kappa shape index (κ2) is 5.99. The molecule has 4 heterocycles. The molecule has 2 fully saturated rings. The second-order valence-electron chi connectivity index (χ2n) is 7.44. The molecule has 0 radical (unpaired) electrons. The number of rotatable bonds is 2. The summed E-state index contributed by atoms with van der Waals surface area (Å²) in [5.41, 5.74) is 2.45. The van der Waals surface area contributed by atoms with E-state index in [2.05, 4.69) is 4.98 Å². The Balaban J connectivity index is 1.66. The highest BCUT2D eigenvalue weighted by molar-refractivity contribution is 7.91. The fourth-order valence-electron chi connectivity index (χ4n) is 4.17. The molecule has 0 unspecified atom stereocenters. The van der Waals surface area contributed by atoms with Gasteiger partial charge in [-0.25, -0.2) is 23.1 Å². The molecule has 2 aliphatic heterocycles. The number of carbonyl (C=O) groups excluding carboxylic acids is 1. The van der Waals surface area contributed by atoms with Crippen molar-refractivity contribution < 1.29 is 13.2 Å². The lowest BCUT2D eigenvalue weighted by molar-refractivity contribution is -0.118. The van der Waals surface area contributed by atoms with Gasteiger partial charge in [0, 0.05) is 23.3 Å². The summed E-state index contributed by atoms with van der Waals surface area (Å²) in [5.74, 6) is -0.612. The Labute approximate surface area is 165 Å². The molecule has 2 saturated heterocycles. The molecule has 0 N–H and O–H groups in total. The topological polar surface area (TPSA) is 89.3 Å². The number of benzene rings is 1. The molecule has 144 valence electrons. The summed E-state index contributed by atoms with van der Waals surface area (Å²) in [6.07, 6.45) is 1.48. The Morgan fingerprint density at radius 1 is 1.14 bits per heavy atom. The van der Waals surface area contributed by atoms with Crippen molar-refractivity contribution in [2.24, 2.45) is 5.92 Å². The highest BCUT2D eigenvalue weighted by Gasteiger charge is 2.50. The highest BCUT2D eigenvalue weighted by Crippen LogP contribution is 2.34. The van der Waals surface area contributed by atoms with E-state index >= 15 is 0 Å². The number of thiophene rings is 1. The molecule has 0 bridgehead atoms. The van der Waals surface area contributed by atoms with Crippen molar-refractivity contribution >= 4 is 37.3 Å². The number of fused-ring (bicyclic) bond motifs is 2. The predicted molar refractivity (Wildman–Crippen MR) is 108 cm³/mol. The van der Waals surface area contributed by atoms with Crippen molar-refractivity contribution in [2.75, 3.05) is 16.5 Å². The van der Waals surface area contributed by atoms with Gasteiger partial charge in [0.1, 0.15) is 11.2 Å². The predicted octanol–water partition coefficient (Wildman–Crippen LogP) is 1.71. The van der Waals surface area contributed by atoms with Gasteiger partial charge in [-0.15, -0.1) is 11.3 Å². The highest BCUT2D eigenvalue weighted by atomic mass is 32.2. The minimum Gasteiger partial charge on any atom is -0.273 e. The first-order valence-electron chi connectivity index (χ1n) is 8.93. The van der Waals surface area contributed by atoms with Crippen LogP contribution in [-0.4, -0.2) is 41.5 Å². The normalized spacial score (nSPS) is 23.5. The van der Waals surface area contributed by atoms with E-state index in [1.165, 1.54) is 27.3 Å². The molecule has 0 saturated carbocycles. The largest absolute Gasteiger partial charge is 0.281 e. The van der Waals surface area contributed by atoms with Crippen LogP contribution < -0.4 is 10.6 Å². The Morgan fingerprint density at radius 3 is 2.64 bits per heavy atom. The van der Waals surface area contributed by atoms with Gasteiger partial charge in [-0.1, -0.05) is 29.8 Å². The second-order valence-corrected chi connectivity index (χ2v) is 10.4. The van der Waals surface area contributed by atoms with Crippen molar-refractivity contribution in [3.63, 3.8) is 0 Å². The van der Waals surface area contributed by atoms with E-state index in [1.54, 1.807) is 0 Å². The van der Waals surface area contributed by atoms with E-state index < -0.39 is 15.9 Å². The molecular formula is C19H17N3O4S2. The number of amides is 1. The van der Waals surface area contributed by atoms with Crippen LogP contribution >= 0.6 is 11.3 Å². The van der Waals surface area contributed by atoms with Gasteiger partial charge in [0.2, 0.25) is 5.91 Å². The summed E-state index contributed by atoms with van der Waals surface area (Å²) in [6.45, 7) is 2.00. The lowest BCUT2D eigenvalue weighted by Gasteiger charge is -2.24. The van der Waals surface area contributed by atoms with Crippen molar-refractivity contribution in [3.05, 3.63) is 51.9 Å². The molecule has 28 heavy (non-hydrogen) atoms. The SMILES string of the molecule is Cc1ccc(-c2csc3ncn(N4C(=O)C[C@@H]5CS(=O)(=O)C[C@H]54)c(=O)c23)cc1. The average Bonchev–Trinajstić information content (AvgIpc) is 3.27.